The first-order valence-corrected chi connectivity index (χ1v) is 11.0. The van der Waals surface area contributed by atoms with Gasteiger partial charge in [-0.3, -0.25) is 14.1 Å². The van der Waals surface area contributed by atoms with Crippen LogP contribution in [0.2, 0.25) is 0 Å². The predicted molar refractivity (Wildman–Crippen MR) is 126 cm³/mol. The van der Waals surface area contributed by atoms with Gasteiger partial charge in [-0.15, -0.1) is 10.2 Å². The molecule has 0 aliphatic rings. The molecular formula is C23H23N7OS. The van der Waals surface area contributed by atoms with E-state index in [2.05, 4.69) is 56.6 Å². The second-order valence-electron chi connectivity index (χ2n) is 7.56. The molecule has 0 N–H and O–H groups in total. The highest BCUT2D eigenvalue weighted by Gasteiger charge is 2.12. The quantitative estimate of drug-likeness (QED) is 0.376. The Bertz CT molecular complexity index is 1390. The lowest BCUT2D eigenvalue weighted by molar-refractivity contribution is 0.206. The maximum absolute atomic E-state index is 5.24. The van der Waals surface area contributed by atoms with Crippen molar-refractivity contribution >= 4 is 34.0 Å². The van der Waals surface area contributed by atoms with Crippen LogP contribution in [0.15, 0.2) is 71.2 Å². The van der Waals surface area contributed by atoms with Crippen molar-refractivity contribution in [1.29, 1.82) is 0 Å². The van der Waals surface area contributed by atoms with E-state index in [1.54, 1.807) is 23.6 Å². The molecule has 32 heavy (non-hydrogen) atoms. The standard InChI is InChI=1S/C23H23N7OS/c1-28(10-11-31-3)21-8-9-24-20-6-5-18(12-19(20)21)32-23-27-26-22-7-4-16(15-30(22)23)17-13-25-29(2)14-17/h4-9,12-15H,10-11H2,1-3H3. The Balaban J connectivity index is 1.50. The van der Waals surface area contributed by atoms with Crippen molar-refractivity contribution in [2.75, 3.05) is 32.2 Å². The summed E-state index contributed by atoms with van der Waals surface area (Å²) in [6.07, 6.45) is 7.76. The molecule has 5 aromatic rings. The van der Waals surface area contributed by atoms with E-state index in [9.17, 15) is 0 Å². The summed E-state index contributed by atoms with van der Waals surface area (Å²) in [5.74, 6) is 0. The first kappa shape index (κ1) is 20.5. The van der Waals surface area contributed by atoms with Gasteiger partial charge < -0.3 is 9.64 Å². The van der Waals surface area contributed by atoms with Crippen LogP contribution in [0, 0.1) is 0 Å². The van der Waals surface area contributed by atoms with Gasteiger partial charge in [-0.25, -0.2) is 0 Å². The summed E-state index contributed by atoms with van der Waals surface area (Å²) >= 11 is 1.58. The van der Waals surface area contributed by atoms with Crippen molar-refractivity contribution in [2.45, 2.75) is 10.1 Å². The lowest BCUT2D eigenvalue weighted by Crippen LogP contribution is -2.22. The van der Waals surface area contributed by atoms with E-state index in [4.69, 9.17) is 4.74 Å². The number of fused-ring (bicyclic) bond motifs is 2. The maximum atomic E-state index is 5.24. The minimum absolute atomic E-state index is 0.666. The number of pyridine rings is 2. The van der Waals surface area contributed by atoms with Gasteiger partial charge in [0, 0.05) is 73.4 Å². The van der Waals surface area contributed by atoms with Gasteiger partial charge in [0.25, 0.3) is 0 Å². The third kappa shape index (κ3) is 3.92. The highest BCUT2D eigenvalue weighted by molar-refractivity contribution is 7.99. The van der Waals surface area contributed by atoms with Gasteiger partial charge in [-0.2, -0.15) is 5.10 Å². The summed E-state index contributed by atoms with van der Waals surface area (Å²) in [5, 5.41) is 14.9. The van der Waals surface area contributed by atoms with E-state index in [1.165, 1.54) is 0 Å². The topological polar surface area (TPSA) is 73.4 Å². The minimum atomic E-state index is 0.666. The molecule has 5 rings (SSSR count). The number of anilines is 1. The van der Waals surface area contributed by atoms with Crippen LogP contribution in [0.4, 0.5) is 5.69 Å². The Hall–Kier alpha value is -3.43. The molecule has 0 unspecified atom stereocenters. The largest absolute Gasteiger partial charge is 0.383 e. The van der Waals surface area contributed by atoms with E-state index in [-0.39, 0.29) is 0 Å². The lowest BCUT2D eigenvalue weighted by Gasteiger charge is -2.20. The molecule has 0 aliphatic heterocycles. The molecule has 162 valence electrons. The van der Waals surface area contributed by atoms with Crippen LogP contribution in [-0.4, -0.2) is 56.7 Å². The van der Waals surface area contributed by atoms with Gasteiger partial charge >= 0.3 is 0 Å². The average molecular weight is 446 g/mol. The number of nitrogens with zero attached hydrogens (tertiary/aromatic N) is 7. The zero-order valence-electron chi connectivity index (χ0n) is 18.1. The van der Waals surface area contributed by atoms with E-state index < -0.39 is 0 Å². The molecule has 0 spiro atoms. The van der Waals surface area contributed by atoms with Crippen molar-refractivity contribution in [3.8, 4) is 11.1 Å². The van der Waals surface area contributed by atoms with Gasteiger partial charge in [-0.1, -0.05) is 0 Å². The van der Waals surface area contributed by atoms with Crippen molar-refractivity contribution in [3.63, 3.8) is 0 Å². The third-order valence-corrected chi connectivity index (χ3v) is 6.30. The number of aryl methyl sites for hydroxylation is 1. The molecule has 8 nitrogen and oxygen atoms in total. The number of likely N-dealkylation sites (N-methyl/N-ethyl adjacent to an activating group) is 1. The molecular weight excluding hydrogens is 422 g/mol. The van der Waals surface area contributed by atoms with E-state index in [0.717, 1.165) is 50.0 Å². The van der Waals surface area contributed by atoms with Crippen LogP contribution < -0.4 is 4.90 Å². The first-order valence-electron chi connectivity index (χ1n) is 10.2. The second-order valence-corrected chi connectivity index (χ2v) is 8.60. The number of benzene rings is 1. The number of rotatable bonds is 7. The van der Waals surface area contributed by atoms with Gasteiger partial charge in [0.2, 0.25) is 0 Å². The highest BCUT2D eigenvalue weighted by Crippen LogP contribution is 2.33. The Morgan fingerprint density at radius 3 is 2.78 bits per heavy atom. The van der Waals surface area contributed by atoms with Crippen molar-refractivity contribution in [1.82, 2.24) is 29.4 Å². The van der Waals surface area contributed by atoms with Crippen molar-refractivity contribution < 1.29 is 4.74 Å². The smallest absolute Gasteiger partial charge is 0.200 e. The van der Waals surface area contributed by atoms with E-state index in [0.29, 0.717) is 6.61 Å². The van der Waals surface area contributed by atoms with Gasteiger partial charge in [-0.05, 0) is 48.2 Å². The molecule has 4 aromatic heterocycles. The fourth-order valence-corrected chi connectivity index (χ4v) is 4.49. The molecule has 0 saturated carbocycles. The SMILES string of the molecule is COCCN(C)c1ccnc2ccc(Sc3nnc4ccc(-c5cnn(C)c5)cn34)cc12. The minimum Gasteiger partial charge on any atom is -0.383 e. The Morgan fingerprint density at radius 2 is 1.97 bits per heavy atom. The Kier molecular flexibility index (Phi) is 5.50. The normalized spacial score (nSPS) is 11.5. The number of hydrogen-bond donors (Lipinski definition) is 0. The molecule has 0 radical (unpaired) electrons. The van der Waals surface area contributed by atoms with Crippen molar-refractivity contribution in [3.05, 3.63) is 61.2 Å². The molecule has 0 amide bonds. The number of aromatic nitrogens is 6. The van der Waals surface area contributed by atoms with Crippen molar-refractivity contribution in [2.24, 2.45) is 7.05 Å². The van der Waals surface area contributed by atoms with Gasteiger partial charge in [0.1, 0.15) is 0 Å². The number of methoxy groups -OCH3 is 1. The summed E-state index contributed by atoms with van der Waals surface area (Å²) < 4.78 is 9.06. The Labute approximate surface area is 189 Å². The van der Waals surface area contributed by atoms with Crippen LogP contribution in [0.25, 0.3) is 27.7 Å². The molecule has 0 atom stereocenters. The molecule has 0 aliphatic carbocycles. The van der Waals surface area contributed by atoms with Crippen LogP contribution in [0.3, 0.4) is 0 Å². The predicted octanol–water partition coefficient (Wildman–Crippen LogP) is 3.91. The van der Waals surface area contributed by atoms with Gasteiger partial charge in [0.15, 0.2) is 10.8 Å². The lowest BCUT2D eigenvalue weighted by atomic mass is 10.2. The third-order valence-electron chi connectivity index (χ3n) is 5.35. The monoisotopic (exact) mass is 445 g/mol. The summed E-state index contributed by atoms with van der Waals surface area (Å²) in [7, 11) is 5.70. The summed E-state index contributed by atoms with van der Waals surface area (Å²) in [4.78, 5) is 7.80. The van der Waals surface area contributed by atoms with Gasteiger partial charge in [0.05, 0.1) is 18.3 Å². The summed E-state index contributed by atoms with van der Waals surface area (Å²) in [6, 6.07) is 12.4. The van der Waals surface area contributed by atoms with Crippen LogP contribution in [0.5, 0.6) is 0 Å². The molecule has 1 aromatic carbocycles. The van der Waals surface area contributed by atoms with Crippen LogP contribution in [-0.2, 0) is 11.8 Å². The highest BCUT2D eigenvalue weighted by atomic mass is 32.2. The van der Waals surface area contributed by atoms with E-state index >= 15 is 0 Å². The zero-order chi connectivity index (χ0) is 22.1. The fourth-order valence-electron chi connectivity index (χ4n) is 3.64. The summed E-state index contributed by atoms with van der Waals surface area (Å²) in [5.41, 5.74) is 5.01. The average Bonchev–Trinajstić information content (AvgIpc) is 3.43. The number of hydrogen-bond acceptors (Lipinski definition) is 7. The second kappa shape index (κ2) is 8.60. The Morgan fingerprint density at radius 1 is 1.06 bits per heavy atom. The summed E-state index contributed by atoms with van der Waals surface area (Å²) in [6.45, 7) is 1.47. The molecule has 9 heteroatoms. The fraction of sp³-hybridized carbons (Fsp3) is 0.217. The molecule has 0 fully saturated rings. The molecule has 0 bridgehead atoms. The molecule has 4 heterocycles. The van der Waals surface area contributed by atoms with Crippen LogP contribution in [0.1, 0.15) is 0 Å². The zero-order valence-corrected chi connectivity index (χ0v) is 19.0. The van der Waals surface area contributed by atoms with Crippen LogP contribution >= 0.6 is 11.8 Å². The first-order chi connectivity index (χ1) is 15.6. The number of ether oxygens (including phenoxy) is 1. The molecule has 0 saturated heterocycles. The maximum Gasteiger partial charge on any atom is 0.200 e. The van der Waals surface area contributed by atoms with E-state index in [1.807, 2.05) is 48.2 Å².